The molecule has 0 saturated carbocycles. The second kappa shape index (κ2) is 16.2. The average molecular weight is 238 g/mol. The number of hydrogen-bond donors (Lipinski definition) is 0. The van der Waals surface area contributed by atoms with E-state index in [0.29, 0.717) is 0 Å². The molecular formula is C2H2Cl4F2O2. The lowest BCUT2D eigenvalue weighted by Crippen LogP contribution is -1.46. The van der Waals surface area contributed by atoms with Gasteiger partial charge >= 0.3 is 9.40 Å². The SMILES string of the molecule is F.F.O=C(Cl)Cl.O=C(Cl)Cl. The molecule has 0 N–H and O–H groups in total. The van der Waals surface area contributed by atoms with Crippen molar-refractivity contribution in [3.05, 3.63) is 0 Å². The first-order chi connectivity index (χ1) is 3.46. The zero-order valence-electron chi connectivity index (χ0n) is 4.14. The van der Waals surface area contributed by atoms with Gasteiger partial charge in [-0.1, -0.05) is 0 Å². The van der Waals surface area contributed by atoms with Crippen LogP contribution in [0.4, 0.5) is 19.0 Å². The molecule has 0 rings (SSSR count). The van der Waals surface area contributed by atoms with Crippen LogP contribution in [0, 0.1) is 0 Å². The van der Waals surface area contributed by atoms with E-state index < -0.39 is 9.40 Å². The molecule has 8 heteroatoms. The zero-order chi connectivity index (χ0) is 7.15. The van der Waals surface area contributed by atoms with Crippen LogP contribution >= 0.6 is 46.4 Å². The van der Waals surface area contributed by atoms with E-state index >= 15 is 0 Å². The van der Waals surface area contributed by atoms with Gasteiger partial charge in [0.2, 0.25) is 0 Å². The van der Waals surface area contributed by atoms with E-state index in [2.05, 4.69) is 46.4 Å². The molecule has 0 aromatic carbocycles. The van der Waals surface area contributed by atoms with Crippen molar-refractivity contribution in [2.75, 3.05) is 0 Å². The lowest BCUT2D eigenvalue weighted by Gasteiger charge is -1.48. The van der Waals surface area contributed by atoms with Gasteiger partial charge in [0, 0.05) is 0 Å². The van der Waals surface area contributed by atoms with Crippen LogP contribution in [0.3, 0.4) is 0 Å². The van der Waals surface area contributed by atoms with Crippen LogP contribution in [0.15, 0.2) is 0 Å². The van der Waals surface area contributed by atoms with Crippen molar-refractivity contribution < 1.29 is 19.0 Å². The molecule has 0 fully saturated rings. The molecule has 0 aromatic heterocycles. The fourth-order valence-electron chi connectivity index (χ4n) is 0. The lowest BCUT2D eigenvalue weighted by molar-refractivity contribution is 0.274. The van der Waals surface area contributed by atoms with Gasteiger partial charge in [0.15, 0.2) is 0 Å². The Kier molecular flexibility index (Phi) is 36.3. The zero-order valence-corrected chi connectivity index (χ0v) is 7.17. The summed E-state index contributed by atoms with van der Waals surface area (Å²) in [6, 6.07) is 0. The number of carbonyl (C=O) groups is 2. The predicted molar refractivity (Wildman–Crippen MR) is 39.2 cm³/mol. The Bertz CT molecular complexity index is 77.3. The molecule has 0 aromatic rings. The molecule has 0 heterocycles. The lowest BCUT2D eigenvalue weighted by atomic mass is 11.8. The number of rotatable bonds is 0. The van der Waals surface area contributed by atoms with Gasteiger partial charge in [-0.2, -0.15) is 0 Å². The molecule has 0 atom stereocenters. The second-order valence-corrected chi connectivity index (χ2v) is 2.21. The highest BCUT2D eigenvalue weighted by molar-refractivity contribution is 6.94. The predicted octanol–water partition coefficient (Wildman–Crippen LogP) is 3.47. The maximum atomic E-state index is 8.98. The first kappa shape index (κ1) is 22.4. The molecule has 2 nitrogen and oxygen atoms in total. The van der Waals surface area contributed by atoms with Gasteiger partial charge in [0.1, 0.15) is 0 Å². The average Bonchev–Trinajstić information content (AvgIpc) is 1.25. The summed E-state index contributed by atoms with van der Waals surface area (Å²) in [4.78, 5) is 18.0. The van der Waals surface area contributed by atoms with Crippen LogP contribution in [-0.2, 0) is 0 Å². The highest BCUT2D eigenvalue weighted by Gasteiger charge is 1.72. The minimum Gasteiger partial charge on any atom is -0.269 e. The Hall–Kier alpha value is 0.360. The highest BCUT2D eigenvalue weighted by atomic mass is 35.5. The Balaban J connectivity index is -0.0000000300. The smallest absolute Gasteiger partial charge is 0.269 e. The van der Waals surface area contributed by atoms with Gasteiger partial charge in [-0.3, -0.25) is 19.0 Å². The van der Waals surface area contributed by atoms with E-state index in [1.54, 1.807) is 0 Å². The normalized spacial score (nSPS) is 5.20. The molecule has 0 saturated heterocycles. The van der Waals surface area contributed by atoms with Crippen LogP contribution in [0.1, 0.15) is 0 Å². The van der Waals surface area contributed by atoms with E-state index in [1.807, 2.05) is 0 Å². The Morgan fingerprint density at radius 3 is 0.700 bits per heavy atom. The van der Waals surface area contributed by atoms with Crippen molar-refractivity contribution >= 4 is 55.8 Å². The summed E-state index contributed by atoms with van der Waals surface area (Å²) < 4.78 is -1.78. The maximum Gasteiger partial charge on any atom is 0.313 e. The topological polar surface area (TPSA) is 34.1 Å². The molecule has 0 unspecified atom stereocenters. The molecule has 0 aliphatic carbocycles. The first-order valence-corrected chi connectivity index (χ1v) is 2.68. The van der Waals surface area contributed by atoms with Crippen molar-refractivity contribution in [2.45, 2.75) is 0 Å². The van der Waals surface area contributed by atoms with Crippen LogP contribution in [0.2, 0.25) is 0 Å². The van der Waals surface area contributed by atoms with E-state index in [0.717, 1.165) is 0 Å². The minimum absolute atomic E-state index is 0. The van der Waals surface area contributed by atoms with Crippen LogP contribution in [-0.4, -0.2) is 9.40 Å². The maximum absolute atomic E-state index is 8.98. The van der Waals surface area contributed by atoms with E-state index in [9.17, 15) is 0 Å². The molecule has 0 bridgehead atoms. The molecular weight excluding hydrogens is 236 g/mol. The summed E-state index contributed by atoms with van der Waals surface area (Å²) in [6.45, 7) is 0. The van der Waals surface area contributed by atoms with Crippen molar-refractivity contribution in [3.8, 4) is 0 Å². The Morgan fingerprint density at radius 2 is 0.700 bits per heavy atom. The molecule has 0 spiro atoms. The van der Waals surface area contributed by atoms with Gasteiger partial charge in [-0.15, -0.1) is 0 Å². The fourth-order valence-corrected chi connectivity index (χ4v) is 0. The van der Waals surface area contributed by atoms with E-state index in [1.165, 1.54) is 0 Å². The monoisotopic (exact) mass is 236 g/mol. The summed E-state index contributed by atoms with van der Waals surface area (Å²) >= 11 is 17.6. The van der Waals surface area contributed by atoms with Gasteiger partial charge in [0.05, 0.1) is 0 Å². The standard InChI is InChI=1S/2CCl2O.2FH/c2*2-1(3)4;;/h;;2*1H. The summed E-state index contributed by atoms with van der Waals surface area (Å²) in [5.74, 6) is 0. The van der Waals surface area contributed by atoms with Crippen LogP contribution in [0.5, 0.6) is 0 Å². The number of halogens is 6. The quantitative estimate of drug-likeness (QED) is 0.605. The molecule has 10 heavy (non-hydrogen) atoms. The third-order valence-electron chi connectivity index (χ3n) is 0. The third-order valence-corrected chi connectivity index (χ3v) is 0. The van der Waals surface area contributed by atoms with Crippen molar-refractivity contribution in [1.29, 1.82) is 0 Å². The van der Waals surface area contributed by atoms with Crippen LogP contribution in [0.25, 0.3) is 0 Å². The van der Waals surface area contributed by atoms with Gasteiger partial charge < -0.3 is 0 Å². The van der Waals surface area contributed by atoms with Crippen molar-refractivity contribution in [1.82, 2.24) is 0 Å². The van der Waals surface area contributed by atoms with E-state index in [-0.39, 0.29) is 9.41 Å². The third kappa shape index (κ3) is 3490. The highest BCUT2D eigenvalue weighted by Crippen LogP contribution is 1.84. The first-order valence-electron chi connectivity index (χ1n) is 1.16. The molecule has 0 radical (unpaired) electrons. The van der Waals surface area contributed by atoms with Crippen molar-refractivity contribution in [2.24, 2.45) is 0 Å². The van der Waals surface area contributed by atoms with E-state index in [4.69, 9.17) is 9.59 Å². The largest absolute Gasteiger partial charge is 0.313 e. The summed E-state index contributed by atoms with van der Waals surface area (Å²) in [5, 5.41) is 0. The number of carbonyl (C=O) groups excluding carboxylic acids is 2. The summed E-state index contributed by atoms with van der Waals surface area (Å²) in [7, 11) is 0. The van der Waals surface area contributed by atoms with Gasteiger partial charge in [-0.25, -0.2) is 0 Å². The molecule has 0 aliphatic heterocycles. The number of hydrogen-bond acceptors (Lipinski definition) is 2. The summed E-state index contributed by atoms with van der Waals surface area (Å²) in [6.07, 6.45) is 0. The Morgan fingerprint density at radius 1 is 0.700 bits per heavy atom. The molecule has 64 valence electrons. The fraction of sp³-hybridized carbons (Fsp3) is 0. The minimum atomic E-state index is -0.889. The second-order valence-electron chi connectivity index (χ2n) is 0.451. The van der Waals surface area contributed by atoms with Crippen LogP contribution < -0.4 is 0 Å². The molecule has 0 aliphatic rings. The Labute approximate surface area is 75.1 Å². The molecule has 0 amide bonds. The van der Waals surface area contributed by atoms with Crippen molar-refractivity contribution in [3.63, 3.8) is 0 Å². The van der Waals surface area contributed by atoms with Gasteiger partial charge in [-0.05, 0) is 46.4 Å². The van der Waals surface area contributed by atoms with Gasteiger partial charge in [0.25, 0.3) is 0 Å². The summed E-state index contributed by atoms with van der Waals surface area (Å²) in [5.41, 5.74) is 0.